The van der Waals surface area contributed by atoms with Crippen molar-refractivity contribution in [3.8, 4) is 0 Å². The van der Waals surface area contributed by atoms with E-state index in [4.69, 9.17) is 0 Å². The van der Waals surface area contributed by atoms with Gasteiger partial charge in [-0.3, -0.25) is 4.79 Å². The summed E-state index contributed by atoms with van der Waals surface area (Å²) < 4.78 is 26.7. The van der Waals surface area contributed by atoms with Gasteiger partial charge in [-0.2, -0.15) is 0 Å². The Kier molecular flexibility index (Phi) is 6.63. The van der Waals surface area contributed by atoms with E-state index in [2.05, 4.69) is 4.90 Å². The first-order valence-electron chi connectivity index (χ1n) is 11.9. The highest BCUT2D eigenvalue weighted by Gasteiger charge is 2.35. The van der Waals surface area contributed by atoms with E-state index in [0.717, 1.165) is 57.5 Å². The molecule has 172 valence electrons. The summed E-state index contributed by atoms with van der Waals surface area (Å²) in [6, 6.07) is 5.11. The maximum absolute atomic E-state index is 13.7. The van der Waals surface area contributed by atoms with Gasteiger partial charge in [0.05, 0.1) is 10.5 Å². The first-order chi connectivity index (χ1) is 14.8. The van der Waals surface area contributed by atoms with E-state index in [9.17, 15) is 13.2 Å². The van der Waals surface area contributed by atoms with Gasteiger partial charge in [-0.05, 0) is 68.6 Å². The van der Waals surface area contributed by atoms with Gasteiger partial charge in [0.15, 0.2) is 0 Å². The van der Waals surface area contributed by atoms with E-state index in [0.29, 0.717) is 11.0 Å². The molecule has 1 aromatic carbocycles. The van der Waals surface area contributed by atoms with Crippen molar-refractivity contribution in [1.29, 1.82) is 0 Å². The fourth-order valence-electron chi connectivity index (χ4n) is 5.72. The van der Waals surface area contributed by atoms with Crippen LogP contribution in [-0.4, -0.2) is 63.8 Å². The van der Waals surface area contributed by atoms with Crippen LogP contribution < -0.4 is 4.90 Å². The molecule has 0 N–H and O–H groups in total. The molecule has 1 saturated carbocycles. The van der Waals surface area contributed by atoms with Gasteiger partial charge in [0.25, 0.3) is 5.91 Å². The molecule has 0 radical (unpaired) electrons. The molecule has 2 heterocycles. The van der Waals surface area contributed by atoms with Crippen LogP contribution in [-0.2, 0) is 10.0 Å². The molecular weight excluding hydrogens is 410 g/mol. The molecule has 31 heavy (non-hydrogen) atoms. The van der Waals surface area contributed by atoms with Crippen LogP contribution in [0.2, 0.25) is 0 Å². The van der Waals surface area contributed by atoms with Crippen molar-refractivity contribution < 1.29 is 13.2 Å². The van der Waals surface area contributed by atoms with Crippen LogP contribution in [0, 0.1) is 5.41 Å². The molecular formula is C24H37N3O3S. The fourth-order valence-corrected chi connectivity index (χ4v) is 6.65. The number of nitrogens with zero attached hydrogens (tertiary/aromatic N) is 3. The van der Waals surface area contributed by atoms with Gasteiger partial charge >= 0.3 is 0 Å². The lowest BCUT2D eigenvalue weighted by atomic mass is 9.69. The molecule has 2 saturated heterocycles. The van der Waals surface area contributed by atoms with E-state index < -0.39 is 10.0 Å². The lowest BCUT2D eigenvalue weighted by Crippen LogP contribution is -2.35. The number of anilines is 1. The number of hydrogen-bond donors (Lipinski definition) is 0. The van der Waals surface area contributed by atoms with Gasteiger partial charge in [-0.15, -0.1) is 0 Å². The van der Waals surface area contributed by atoms with Crippen molar-refractivity contribution >= 4 is 21.6 Å². The van der Waals surface area contributed by atoms with E-state index in [1.54, 1.807) is 12.1 Å². The van der Waals surface area contributed by atoms with Gasteiger partial charge in [-0.25, -0.2) is 12.7 Å². The van der Waals surface area contributed by atoms with Crippen molar-refractivity contribution in [3.63, 3.8) is 0 Å². The summed E-state index contributed by atoms with van der Waals surface area (Å²) in [4.78, 5) is 18.2. The Labute approximate surface area is 187 Å². The molecule has 7 heteroatoms. The number of carbonyl (C=O) groups excluding carboxylic acids is 1. The van der Waals surface area contributed by atoms with E-state index >= 15 is 0 Å². The predicted molar refractivity (Wildman–Crippen MR) is 124 cm³/mol. The second-order valence-corrected chi connectivity index (χ2v) is 12.0. The highest BCUT2D eigenvalue weighted by Crippen LogP contribution is 2.44. The Morgan fingerprint density at radius 2 is 1.55 bits per heavy atom. The van der Waals surface area contributed by atoms with Gasteiger partial charge in [0, 0.05) is 46.0 Å². The standard InChI is InChI=1S/C24H37N3O3S/c1-25(2)31(29,30)20-9-10-22(26-15-6-7-16-26)21(19-20)23(28)27-17-8-13-24(14-18-27)11-4-3-5-12-24/h9-10,19H,3-8,11-18H2,1-2H3. The third-order valence-electron chi connectivity index (χ3n) is 7.67. The average molecular weight is 448 g/mol. The van der Waals surface area contributed by atoms with Crippen LogP contribution in [0.4, 0.5) is 5.69 Å². The number of amides is 1. The van der Waals surface area contributed by atoms with E-state index in [1.807, 2.05) is 11.0 Å². The van der Waals surface area contributed by atoms with E-state index in [1.165, 1.54) is 56.9 Å². The first-order valence-corrected chi connectivity index (χ1v) is 13.4. The molecule has 4 rings (SSSR count). The third kappa shape index (κ3) is 4.63. The quantitative estimate of drug-likeness (QED) is 0.697. The minimum absolute atomic E-state index is 0.00874. The van der Waals surface area contributed by atoms with Crippen molar-refractivity contribution in [2.75, 3.05) is 45.2 Å². The molecule has 3 fully saturated rings. The zero-order valence-corrected chi connectivity index (χ0v) is 19.9. The maximum Gasteiger partial charge on any atom is 0.256 e. The van der Waals surface area contributed by atoms with E-state index in [-0.39, 0.29) is 10.8 Å². The first kappa shape index (κ1) is 22.6. The number of likely N-dealkylation sites (tertiary alicyclic amines) is 1. The second kappa shape index (κ2) is 9.10. The summed E-state index contributed by atoms with van der Waals surface area (Å²) in [7, 11) is -0.527. The molecule has 0 aromatic heterocycles. The Morgan fingerprint density at radius 1 is 0.871 bits per heavy atom. The normalized spacial score (nSPS) is 22.2. The van der Waals surface area contributed by atoms with Gasteiger partial charge in [0.1, 0.15) is 0 Å². The van der Waals surface area contributed by atoms with Crippen molar-refractivity contribution in [2.45, 2.75) is 69.1 Å². The summed E-state index contributed by atoms with van der Waals surface area (Å²) in [6.45, 7) is 3.39. The van der Waals surface area contributed by atoms with Crippen molar-refractivity contribution in [2.24, 2.45) is 5.41 Å². The van der Waals surface area contributed by atoms with Crippen LogP contribution >= 0.6 is 0 Å². The molecule has 2 aliphatic heterocycles. The Hall–Kier alpha value is -1.60. The van der Waals surface area contributed by atoms with Crippen LogP contribution in [0.15, 0.2) is 23.1 Å². The molecule has 0 atom stereocenters. The monoisotopic (exact) mass is 447 g/mol. The molecule has 1 spiro atoms. The van der Waals surface area contributed by atoms with Crippen LogP contribution in [0.1, 0.15) is 74.6 Å². The summed E-state index contributed by atoms with van der Waals surface area (Å²) in [5.41, 5.74) is 1.85. The molecule has 0 unspecified atom stereocenters. The zero-order valence-electron chi connectivity index (χ0n) is 19.1. The Bertz CT molecular complexity index is 901. The Balaban J connectivity index is 1.63. The topological polar surface area (TPSA) is 60.9 Å². The second-order valence-electron chi connectivity index (χ2n) is 9.87. The summed E-state index contributed by atoms with van der Waals surface area (Å²) in [5, 5.41) is 0. The minimum atomic E-state index is -3.59. The molecule has 3 aliphatic rings. The molecule has 0 bridgehead atoms. The van der Waals surface area contributed by atoms with Crippen molar-refractivity contribution in [1.82, 2.24) is 9.21 Å². The maximum atomic E-state index is 13.7. The van der Waals surface area contributed by atoms with Gasteiger partial charge in [-0.1, -0.05) is 19.3 Å². The molecule has 6 nitrogen and oxygen atoms in total. The Morgan fingerprint density at radius 3 is 2.23 bits per heavy atom. The molecule has 1 aliphatic carbocycles. The van der Waals surface area contributed by atoms with Crippen LogP contribution in [0.25, 0.3) is 0 Å². The smallest absolute Gasteiger partial charge is 0.256 e. The number of carbonyl (C=O) groups is 1. The number of sulfonamides is 1. The highest BCUT2D eigenvalue weighted by atomic mass is 32.2. The average Bonchev–Trinajstić information content (AvgIpc) is 3.23. The van der Waals surface area contributed by atoms with Crippen molar-refractivity contribution in [3.05, 3.63) is 23.8 Å². The van der Waals surface area contributed by atoms with Crippen LogP contribution in [0.5, 0.6) is 0 Å². The minimum Gasteiger partial charge on any atom is -0.371 e. The highest BCUT2D eigenvalue weighted by molar-refractivity contribution is 7.89. The third-order valence-corrected chi connectivity index (χ3v) is 9.48. The fraction of sp³-hybridized carbons (Fsp3) is 0.708. The zero-order chi connectivity index (χ0) is 22.1. The summed E-state index contributed by atoms with van der Waals surface area (Å²) in [5.74, 6) is -0.00874. The SMILES string of the molecule is CN(C)S(=O)(=O)c1ccc(N2CCCC2)c(C(=O)N2CCCC3(CCCCC3)CC2)c1. The molecule has 1 amide bonds. The number of rotatable bonds is 4. The number of benzene rings is 1. The predicted octanol–water partition coefficient (Wildman–Crippen LogP) is 4.11. The van der Waals surface area contributed by atoms with Crippen LogP contribution in [0.3, 0.4) is 0 Å². The summed E-state index contributed by atoms with van der Waals surface area (Å²) in [6.07, 6.45) is 12.1. The molecule has 1 aromatic rings. The lowest BCUT2D eigenvalue weighted by Gasteiger charge is -2.36. The summed E-state index contributed by atoms with van der Waals surface area (Å²) >= 11 is 0. The number of hydrogen-bond acceptors (Lipinski definition) is 4. The van der Waals surface area contributed by atoms with Gasteiger partial charge in [0.2, 0.25) is 10.0 Å². The van der Waals surface area contributed by atoms with Gasteiger partial charge < -0.3 is 9.80 Å². The largest absolute Gasteiger partial charge is 0.371 e. The lowest BCUT2D eigenvalue weighted by molar-refractivity contribution is 0.0749.